The van der Waals surface area contributed by atoms with Crippen LogP contribution in [0.25, 0.3) is 5.70 Å². The third-order valence-electron chi connectivity index (χ3n) is 4.50. The van der Waals surface area contributed by atoms with Gasteiger partial charge in [-0.3, -0.25) is 5.01 Å². The highest BCUT2D eigenvalue weighted by molar-refractivity contribution is 7.98. The summed E-state index contributed by atoms with van der Waals surface area (Å²) in [5.74, 6) is 0. The lowest BCUT2D eigenvalue weighted by molar-refractivity contribution is -0.127. The maximum absolute atomic E-state index is 13.2. The molecule has 0 saturated heterocycles. The number of nitrogens with zero attached hydrogens (tertiary/aromatic N) is 1. The Morgan fingerprint density at radius 1 is 1.04 bits per heavy atom. The van der Waals surface area contributed by atoms with Gasteiger partial charge in [0, 0.05) is 17.5 Å². The Labute approximate surface area is 156 Å². The van der Waals surface area contributed by atoms with Crippen LogP contribution in [0.2, 0.25) is 0 Å². The molecule has 0 amide bonds. The van der Waals surface area contributed by atoms with Gasteiger partial charge in [-0.2, -0.15) is 13.2 Å². The summed E-state index contributed by atoms with van der Waals surface area (Å²) >= 11 is 1.63. The summed E-state index contributed by atoms with van der Waals surface area (Å²) in [5.41, 5.74) is 6.87. The fourth-order valence-electron chi connectivity index (χ4n) is 3.36. The maximum atomic E-state index is 13.2. The maximum Gasteiger partial charge on any atom is 0.392 e. The fraction of sp³-hybridized carbons (Fsp3) is 0.300. The first-order valence-corrected chi connectivity index (χ1v) is 9.64. The first-order chi connectivity index (χ1) is 12.4. The Balaban J connectivity index is 2.12. The topological polar surface area (TPSA) is 15.3 Å². The van der Waals surface area contributed by atoms with Crippen LogP contribution in [0.4, 0.5) is 18.9 Å². The lowest BCUT2D eigenvalue weighted by atomic mass is 9.87. The number of allylic oxidation sites excluding steroid dienone is 1. The molecule has 1 aliphatic carbocycles. The van der Waals surface area contributed by atoms with E-state index in [1.807, 2.05) is 54.8 Å². The van der Waals surface area contributed by atoms with Gasteiger partial charge in [0.1, 0.15) is 0 Å². The number of rotatable bonds is 5. The van der Waals surface area contributed by atoms with Gasteiger partial charge in [0.15, 0.2) is 0 Å². The van der Waals surface area contributed by atoms with E-state index in [1.54, 1.807) is 23.8 Å². The van der Waals surface area contributed by atoms with Crippen LogP contribution < -0.4 is 10.4 Å². The molecule has 2 aromatic carbocycles. The van der Waals surface area contributed by atoms with Crippen LogP contribution in [-0.4, -0.2) is 19.5 Å². The number of aryl methyl sites for hydroxylation is 1. The van der Waals surface area contributed by atoms with Gasteiger partial charge in [0.05, 0.1) is 17.8 Å². The van der Waals surface area contributed by atoms with Crippen molar-refractivity contribution in [2.24, 2.45) is 0 Å². The minimum absolute atomic E-state index is 0.410. The van der Waals surface area contributed by atoms with Gasteiger partial charge in [0.25, 0.3) is 0 Å². The van der Waals surface area contributed by atoms with Gasteiger partial charge in [-0.1, -0.05) is 24.3 Å². The summed E-state index contributed by atoms with van der Waals surface area (Å²) in [5, 5.41) is 1.77. The summed E-state index contributed by atoms with van der Waals surface area (Å²) in [6.45, 7) is 0. The highest BCUT2D eigenvalue weighted by atomic mass is 32.2. The van der Waals surface area contributed by atoms with Crippen LogP contribution in [0, 0.1) is 0 Å². The van der Waals surface area contributed by atoms with E-state index >= 15 is 0 Å². The van der Waals surface area contributed by atoms with E-state index in [-0.39, 0.29) is 0 Å². The summed E-state index contributed by atoms with van der Waals surface area (Å²) in [6, 6.07) is 15.5. The molecule has 0 unspecified atom stereocenters. The molecule has 0 fully saturated rings. The van der Waals surface area contributed by atoms with E-state index in [0.29, 0.717) is 24.1 Å². The van der Waals surface area contributed by atoms with Crippen LogP contribution in [0.1, 0.15) is 24.0 Å². The number of anilines is 1. The zero-order valence-corrected chi connectivity index (χ0v) is 15.5. The average molecular weight is 378 g/mol. The summed E-state index contributed by atoms with van der Waals surface area (Å²) in [4.78, 5) is 1.11. The van der Waals surface area contributed by atoms with Crippen molar-refractivity contribution in [2.75, 3.05) is 18.3 Å². The van der Waals surface area contributed by atoms with Gasteiger partial charge in [0.2, 0.25) is 0 Å². The predicted octanol–water partition coefficient (Wildman–Crippen LogP) is 5.66. The van der Waals surface area contributed by atoms with E-state index in [2.05, 4.69) is 5.43 Å². The second kappa shape index (κ2) is 7.76. The number of benzene rings is 2. The third-order valence-corrected chi connectivity index (χ3v) is 5.24. The number of nitrogens with one attached hydrogen (secondary N) is 1. The van der Waals surface area contributed by atoms with Crippen LogP contribution in [0.15, 0.2) is 59.0 Å². The largest absolute Gasteiger partial charge is 0.392 e. The number of alkyl halides is 3. The van der Waals surface area contributed by atoms with Gasteiger partial charge in [-0.25, -0.2) is 5.43 Å². The smallest absolute Gasteiger partial charge is 0.277 e. The molecule has 0 aromatic heterocycles. The van der Waals surface area contributed by atoms with Crippen LogP contribution >= 0.6 is 11.8 Å². The minimum atomic E-state index is -4.23. The summed E-state index contributed by atoms with van der Waals surface area (Å²) < 4.78 is 39.5. The molecule has 0 bridgehead atoms. The molecule has 2 nitrogen and oxygen atoms in total. The number of hydrazine groups is 1. The number of hydrogen-bond acceptors (Lipinski definition) is 3. The Morgan fingerprint density at radius 3 is 2.35 bits per heavy atom. The van der Waals surface area contributed by atoms with Crippen molar-refractivity contribution in [3.05, 3.63) is 65.2 Å². The number of halogens is 3. The third kappa shape index (κ3) is 4.07. The predicted molar refractivity (Wildman–Crippen MR) is 102 cm³/mol. The van der Waals surface area contributed by atoms with Crippen molar-refractivity contribution in [2.45, 2.75) is 30.3 Å². The molecule has 26 heavy (non-hydrogen) atoms. The van der Waals surface area contributed by atoms with E-state index in [9.17, 15) is 13.2 Å². The standard InChI is InChI=1S/C20H21F3N2S/c1-24-25(16-9-11-17(26-2)12-10-16)19-15(13-20(21,22)23)8-7-14-5-3-4-6-18(14)19/h3-6,9-12,24H,7-8,13H2,1-2H3. The van der Waals surface area contributed by atoms with E-state index in [0.717, 1.165) is 21.7 Å². The van der Waals surface area contributed by atoms with Crippen LogP contribution in [-0.2, 0) is 6.42 Å². The van der Waals surface area contributed by atoms with Crippen molar-refractivity contribution < 1.29 is 13.2 Å². The lowest BCUT2D eigenvalue weighted by Gasteiger charge is -2.33. The molecular weight excluding hydrogens is 357 g/mol. The Kier molecular flexibility index (Phi) is 5.63. The molecule has 0 atom stereocenters. The van der Waals surface area contributed by atoms with Crippen molar-refractivity contribution in [3.63, 3.8) is 0 Å². The molecule has 0 saturated carbocycles. The van der Waals surface area contributed by atoms with E-state index in [4.69, 9.17) is 0 Å². The zero-order chi connectivity index (χ0) is 18.7. The quantitative estimate of drug-likeness (QED) is 0.534. The first-order valence-electron chi connectivity index (χ1n) is 8.41. The molecular formula is C20H21F3N2S. The number of fused-ring (bicyclic) bond motifs is 1. The number of hydrogen-bond donors (Lipinski definition) is 1. The Morgan fingerprint density at radius 2 is 1.73 bits per heavy atom. The zero-order valence-electron chi connectivity index (χ0n) is 14.7. The Bertz CT molecular complexity index is 797. The van der Waals surface area contributed by atoms with Crippen molar-refractivity contribution >= 4 is 23.1 Å². The molecule has 3 rings (SSSR count). The summed E-state index contributed by atoms with van der Waals surface area (Å²) in [6.07, 6.45) is -2.08. The lowest BCUT2D eigenvalue weighted by Crippen LogP contribution is -2.36. The second-order valence-corrected chi connectivity index (χ2v) is 7.04. The highest BCUT2D eigenvalue weighted by Gasteiger charge is 2.33. The van der Waals surface area contributed by atoms with Crippen molar-refractivity contribution in [3.8, 4) is 0 Å². The van der Waals surface area contributed by atoms with E-state index < -0.39 is 12.6 Å². The molecule has 1 aliphatic rings. The minimum Gasteiger partial charge on any atom is -0.277 e. The molecule has 6 heteroatoms. The molecule has 0 aliphatic heterocycles. The first kappa shape index (κ1) is 18.9. The molecule has 2 aromatic rings. The molecule has 0 spiro atoms. The second-order valence-electron chi connectivity index (χ2n) is 6.16. The van der Waals surface area contributed by atoms with Gasteiger partial charge >= 0.3 is 6.18 Å². The Hall–Kier alpha value is -1.92. The highest BCUT2D eigenvalue weighted by Crippen LogP contribution is 2.40. The van der Waals surface area contributed by atoms with E-state index in [1.165, 1.54) is 0 Å². The molecule has 0 radical (unpaired) electrons. The molecule has 0 heterocycles. The monoisotopic (exact) mass is 378 g/mol. The van der Waals surface area contributed by atoms with Crippen molar-refractivity contribution in [1.29, 1.82) is 0 Å². The summed E-state index contributed by atoms with van der Waals surface area (Å²) in [7, 11) is 1.73. The van der Waals surface area contributed by atoms with Crippen LogP contribution in [0.5, 0.6) is 0 Å². The van der Waals surface area contributed by atoms with Crippen LogP contribution in [0.3, 0.4) is 0 Å². The van der Waals surface area contributed by atoms with Gasteiger partial charge in [-0.15, -0.1) is 11.8 Å². The number of thioether (sulfide) groups is 1. The fourth-order valence-corrected chi connectivity index (χ4v) is 3.77. The normalized spacial score (nSPS) is 14.3. The van der Waals surface area contributed by atoms with Gasteiger partial charge in [-0.05, 0) is 54.5 Å². The molecule has 138 valence electrons. The van der Waals surface area contributed by atoms with Gasteiger partial charge < -0.3 is 0 Å². The molecule has 1 N–H and O–H groups in total. The van der Waals surface area contributed by atoms with Crippen molar-refractivity contribution in [1.82, 2.24) is 5.43 Å². The average Bonchev–Trinajstić information content (AvgIpc) is 2.63. The SMILES string of the molecule is CNN(C1=C(CC(F)(F)F)CCc2ccccc21)c1ccc(SC)cc1.